The molecule has 28 heavy (non-hydrogen) atoms. The van der Waals surface area contributed by atoms with Crippen molar-refractivity contribution in [3.8, 4) is 0 Å². The molecule has 4 rings (SSSR count). The van der Waals surface area contributed by atoms with E-state index in [1.165, 1.54) is 33.2 Å². The van der Waals surface area contributed by atoms with Gasteiger partial charge in [0.1, 0.15) is 5.69 Å². The molecule has 1 aliphatic heterocycles. The Bertz CT molecular complexity index is 1120. The number of carbonyl (C=O) groups is 1. The number of benzene rings is 1. The van der Waals surface area contributed by atoms with Crippen LogP contribution in [0.15, 0.2) is 33.4 Å². The highest BCUT2D eigenvalue weighted by atomic mass is 32.2. The Kier molecular flexibility index (Phi) is 4.75. The zero-order valence-corrected chi connectivity index (χ0v) is 17.8. The lowest BCUT2D eigenvalue weighted by atomic mass is 9.93. The average molecular weight is 416 g/mol. The maximum absolute atomic E-state index is 12.8. The van der Waals surface area contributed by atoms with Crippen LogP contribution in [-0.4, -0.2) is 37.5 Å². The van der Waals surface area contributed by atoms with E-state index in [1.807, 2.05) is 43.9 Å². The van der Waals surface area contributed by atoms with Crippen LogP contribution >= 0.6 is 23.1 Å². The van der Waals surface area contributed by atoms with Crippen molar-refractivity contribution in [2.24, 2.45) is 0 Å². The summed E-state index contributed by atoms with van der Waals surface area (Å²) in [6.45, 7) is 7.81. The summed E-state index contributed by atoms with van der Waals surface area (Å²) in [5.41, 5.74) is 1.91. The molecule has 0 saturated heterocycles. The molecule has 1 atom stereocenters. The third kappa shape index (κ3) is 3.33. The van der Waals surface area contributed by atoms with Crippen molar-refractivity contribution in [1.29, 1.82) is 0 Å². The zero-order valence-electron chi connectivity index (χ0n) is 16.2. The molecule has 9 heteroatoms. The van der Waals surface area contributed by atoms with E-state index in [0.717, 1.165) is 12.1 Å². The van der Waals surface area contributed by atoms with E-state index in [4.69, 9.17) is 0 Å². The summed E-state index contributed by atoms with van der Waals surface area (Å²) in [6.07, 6.45) is 0.869. The Morgan fingerprint density at radius 1 is 1.29 bits per heavy atom. The standard InChI is InChI=1S/C19H21N5O2S2/c1-11-9-12-7-5-6-8-13(12)23(11)14(25)10-27-18-22-24-16(26)15(19(2,3)4)20-21-17(24)28-18/h5-8,11H,9-10H2,1-4H3/t11-/m0/s1. The van der Waals surface area contributed by atoms with Crippen molar-refractivity contribution >= 4 is 39.7 Å². The summed E-state index contributed by atoms with van der Waals surface area (Å²) >= 11 is 2.60. The molecular formula is C19H21N5O2S2. The van der Waals surface area contributed by atoms with Crippen LogP contribution in [0.3, 0.4) is 0 Å². The van der Waals surface area contributed by atoms with Gasteiger partial charge in [0.05, 0.1) is 5.75 Å². The van der Waals surface area contributed by atoms with Crippen LogP contribution in [0.1, 0.15) is 39.0 Å². The Morgan fingerprint density at radius 3 is 2.79 bits per heavy atom. The number of carbonyl (C=O) groups excluding carboxylic acids is 1. The van der Waals surface area contributed by atoms with Crippen molar-refractivity contribution in [3.05, 3.63) is 45.9 Å². The number of hydrogen-bond donors (Lipinski definition) is 0. The third-order valence-corrected chi connectivity index (χ3v) is 6.69. The van der Waals surface area contributed by atoms with E-state index in [1.54, 1.807) is 0 Å². The fourth-order valence-corrected chi connectivity index (χ4v) is 5.10. The summed E-state index contributed by atoms with van der Waals surface area (Å²) in [7, 11) is 0. The molecule has 3 heterocycles. The highest BCUT2D eigenvalue weighted by Gasteiger charge is 2.30. The Morgan fingerprint density at radius 2 is 2.04 bits per heavy atom. The molecule has 0 radical (unpaired) electrons. The molecular weight excluding hydrogens is 394 g/mol. The highest BCUT2D eigenvalue weighted by Crippen LogP contribution is 2.33. The number of anilines is 1. The van der Waals surface area contributed by atoms with Gasteiger partial charge in [-0.05, 0) is 25.0 Å². The van der Waals surface area contributed by atoms with Gasteiger partial charge in [0.15, 0.2) is 4.34 Å². The molecule has 1 aromatic carbocycles. The number of amides is 1. The topological polar surface area (TPSA) is 80.5 Å². The van der Waals surface area contributed by atoms with Gasteiger partial charge in [-0.2, -0.15) is 4.52 Å². The smallest absolute Gasteiger partial charge is 0.297 e. The van der Waals surface area contributed by atoms with Crippen molar-refractivity contribution < 1.29 is 4.79 Å². The first kappa shape index (κ1) is 19.1. The summed E-state index contributed by atoms with van der Waals surface area (Å²) in [5.74, 6) is 0.294. The van der Waals surface area contributed by atoms with Crippen molar-refractivity contribution in [2.75, 3.05) is 10.7 Å². The maximum atomic E-state index is 12.8. The molecule has 146 valence electrons. The monoisotopic (exact) mass is 415 g/mol. The average Bonchev–Trinajstić information content (AvgIpc) is 3.19. The lowest BCUT2D eigenvalue weighted by Crippen LogP contribution is -2.36. The quantitative estimate of drug-likeness (QED) is 0.612. The van der Waals surface area contributed by atoms with Crippen LogP contribution in [0.5, 0.6) is 0 Å². The van der Waals surface area contributed by atoms with E-state index in [9.17, 15) is 9.59 Å². The summed E-state index contributed by atoms with van der Waals surface area (Å²) < 4.78 is 1.92. The van der Waals surface area contributed by atoms with E-state index < -0.39 is 5.41 Å². The Balaban J connectivity index is 1.54. The molecule has 0 unspecified atom stereocenters. The second kappa shape index (κ2) is 6.97. The zero-order chi connectivity index (χ0) is 20.1. The molecule has 7 nitrogen and oxygen atoms in total. The largest absolute Gasteiger partial charge is 0.308 e. The molecule has 0 spiro atoms. The number of aromatic nitrogens is 4. The van der Waals surface area contributed by atoms with E-state index in [2.05, 4.69) is 28.3 Å². The van der Waals surface area contributed by atoms with Gasteiger partial charge in [-0.15, -0.1) is 15.3 Å². The van der Waals surface area contributed by atoms with E-state index >= 15 is 0 Å². The van der Waals surface area contributed by atoms with Crippen LogP contribution in [0.4, 0.5) is 5.69 Å². The molecule has 0 fully saturated rings. The summed E-state index contributed by atoms with van der Waals surface area (Å²) in [5, 5.41) is 12.6. The van der Waals surface area contributed by atoms with Gasteiger partial charge in [0.25, 0.3) is 5.56 Å². The van der Waals surface area contributed by atoms with Crippen LogP contribution < -0.4 is 10.5 Å². The molecule has 1 amide bonds. The SMILES string of the molecule is C[C@H]1Cc2ccccc2N1C(=O)CSc1nn2c(=O)c(C(C)(C)C)nnc2s1. The number of nitrogens with zero attached hydrogens (tertiary/aromatic N) is 5. The lowest BCUT2D eigenvalue weighted by Gasteiger charge is -2.22. The van der Waals surface area contributed by atoms with Gasteiger partial charge >= 0.3 is 0 Å². The van der Waals surface area contributed by atoms with Gasteiger partial charge in [0, 0.05) is 17.1 Å². The normalized spacial score (nSPS) is 16.6. The molecule has 2 aromatic heterocycles. The molecule has 3 aromatic rings. The first-order valence-electron chi connectivity index (χ1n) is 9.05. The van der Waals surface area contributed by atoms with Gasteiger partial charge in [-0.25, -0.2) is 0 Å². The van der Waals surface area contributed by atoms with Gasteiger partial charge in [0.2, 0.25) is 10.9 Å². The number of fused-ring (bicyclic) bond motifs is 2. The highest BCUT2D eigenvalue weighted by molar-refractivity contribution is 8.01. The van der Waals surface area contributed by atoms with Crippen molar-refractivity contribution in [2.45, 2.75) is 49.9 Å². The molecule has 0 bridgehead atoms. The first-order valence-corrected chi connectivity index (χ1v) is 10.9. The molecule has 0 aliphatic carbocycles. The fraction of sp³-hybridized carbons (Fsp3) is 0.421. The summed E-state index contributed by atoms with van der Waals surface area (Å²) in [4.78, 5) is 27.8. The first-order chi connectivity index (χ1) is 13.3. The number of hydrogen-bond acceptors (Lipinski definition) is 7. The second-order valence-corrected chi connectivity index (χ2v) is 10.1. The van der Waals surface area contributed by atoms with Crippen molar-refractivity contribution in [3.63, 3.8) is 0 Å². The number of thioether (sulfide) groups is 1. The predicted octanol–water partition coefficient (Wildman–Crippen LogP) is 2.91. The maximum Gasteiger partial charge on any atom is 0.297 e. The second-order valence-electron chi connectivity index (χ2n) is 7.90. The lowest BCUT2D eigenvalue weighted by molar-refractivity contribution is -0.116. The minimum atomic E-state index is -0.405. The van der Waals surface area contributed by atoms with Crippen molar-refractivity contribution in [1.82, 2.24) is 19.8 Å². The van der Waals surface area contributed by atoms with E-state index in [0.29, 0.717) is 15.0 Å². The molecule has 1 aliphatic rings. The van der Waals surface area contributed by atoms with Crippen LogP contribution in [0.2, 0.25) is 0 Å². The van der Waals surface area contributed by atoms with Gasteiger partial charge in [-0.1, -0.05) is 62.1 Å². The van der Waals surface area contributed by atoms with Crippen LogP contribution in [0.25, 0.3) is 4.96 Å². The van der Waals surface area contributed by atoms with E-state index in [-0.39, 0.29) is 23.3 Å². The minimum absolute atomic E-state index is 0.0375. The fourth-order valence-electron chi connectivity index (χ4n) is 3.36. The van der Waals surface area contributed by atoms with Gasteiger partial charge < -0.3 is 4.90 Å². The molecule has 0 saturated carbocycles. The number of rotatable bonds is 3. The van der Waals surface area contributed by atoms with Crippen LogP contribution in [-0.2, 0) is 16.6 Å². The minimum Gasteiger partial charge on any atom is -0.308 e. The Hall–Kier alpha value is -2.26. The third-order valence-electron chi connectivity index (χ3n) is 4.68. The number of para-hydroxylation sites is 1. The van der Waals surface area contributed by atoms with Crippen LogP contribution in [0, 0.1) is 0 Å². The Labute approximate surface area is 170 Å². The summed E-state index contributed by atoms with van der Waals surface area (Å²) in [6, 6.07) is 8.15. The molecule has 0 N–H and O–H groups in total. The predicted molar refractivity (Wildman–Crippen MR) is 111 cm³/mol. The van der Waals surface area contributed by atoms with Gasteiger partial charge in [-0.3, -0.25) is 9.59 Å².